The lowest BCUT2D eigenvalue weighted by Gasteiger charge is -2.09. The molecule has 4 rings (SSSR count). The predicted molar refractivity (Wildman–Crippen MR) is 105 cm³/mol. The second-order valence-corrected chi connectivity index (χ2v) is 7.21. The van der Waals surface area contributed by atoms with Crippen LogP contribution in [0.4, 0.5) is 4.39 Å². The van der Waals surface area contributed by atoms with Crippen molar-refractivity contribution in [2.45, 2.75) is 12.8 Å². The molecule has 0 atom stereocenters. The van der Waals surface area contributed by atoms with Gasteiger partial charge in [0.2, 0.25) is 0 Å². The highest BCUT2D eigenvalue weighted by Gasteiger charge is 2.17. The van der Waals surface area contributed by atoms with Crippen molar-refractivity contribution in [2.24, 2.45) is 12.0 Å². The maximum Gasteiger partial charge on any atom is 0.266 e. The number of hydrogen-bond acceptors (Lipinski definition) is 4. The van der Waals surface area contributed by atoms with E-state index in [1.807, 2.05) is 49.5 Å². The Hall–Kier alpha value is -3.06. The van der Waals surface area contributed by atoms with Crippen LogP contribution in [0.3, 0.4) is 0 Å². The van der Waals surface area contributed by atoms with Crippen LogP contribution in [0.25, 0.3) is 21.8 Å². The molecule has 0 fully saturated rings. The molecule has 3 heterocycles. The van der Waals surface area contributed by atoms with Crippen LogP contribution in [0.2, 0.25) is 0 Å². The number of carbonyl (C=O) groups is 1. The van der Waals surface area contributed by atoms with Gasteiger partial charge in [-0.25, -0.2) is 9.38 Å². The number of hydrogen-bond donors (Lipinski definition) is 1. The van der Waals surface area contributed by atoms with E-state index in [9.17, 15) is 9.18 Å². The molecular weight excluding hydrogens is 363 g/mol. The van der Waals surface area contributed by atoms with Crippen molar-refractivity contribution in [1.82, 2.24) is 15.1 Å². The van der Waals surface area contributed by atoms with Gasteiger partial charge in [-0.2, -0.15) is 5.10 Å². The van der Waals surface area contributed by atoms with Crippen molar-refractivity contribution < 1.29 is 9.18 Å². The van der Waals surface area contributed by atoms with E-state index in [-0.39, 0.29) is 24.0 Å². The second-order valence-electron chi connectivity index (χ2n) is 6.13. The zero-order valence-electron chi connectivity index (χ0n) is 14.6. The van der Waals surface area contributed by atoms with Crippen LogP contribution < -0.4 is 5.32 Å². The van der Waals surface area contributed by atoms with Gasteiger partial charge in [-0.15, -0.1) is 11.3 Å². The molecule has 1 aliphatic rings. The molecule has 5 nitrogen and oxygen atoms in total. The quantitative estimate of drug-likeness (QED) is 0.722. The molecule has 3 aromatic rings. The van der Waals surface area contributed by atoms with Crippen LogP contribution >= 0.6 is 11.3 Å². The SMILES string of the molecule is Cn1nc(-c2ccccc2)cc1-c1ccc(C(=O)NC2=C(F)CCC=N2)s1. The molecule has 1 aliphatic heterocycles. The molecular formula is C20H17FN4OS. The maximum atomic E-state index is 13.8. The number of aliphatic imine (C=N–C) groups is 1. The van der Waals surface area contributed by atoms with Gasteiger partial charge in [-0.1, -0.05) is 30.3 Å². The van der Waals surface area contributed by atoms with Gasteiger partial charge in [-0.05, 0) is 24.6 Å². The number of halogens is 1. The zero-order valence-corrected chi connectivity index (χ0v) is 15.5. The van der Waals surface area contributed by atoms with Crippen LogP contribution in [0.5, 0.6) is 0 Å². The number of thiophene rings is 1. The van der Waals surface area contributed by atoms with E-state index in [1.54, 1.807) is 17.0 Å². The Morgan fingerprint density at radius 3 is 2.81 bits per heavy atom. The number of nitrogens with zero attached hydrogens (tertiary/aromatic N) is 3. The van der Waals surface area contributed by atoms with Crippen molar-refractivity contribution in [3.05, 3.63) is 65.1 Å². The fourth-order valence-corrected chi connectivity index (χ4v) is 3.80. The lowest BCUT2D eigenvalue weighted by atomic mass is 10.1. The monoisotopic (exact) mass is 380 g/mol. The molecule has 7 heteroatoms. The first-order valence-corrected chi connectivity index (χ1v) is 9.35. The number of aromatic nitrogens is 2. The summed E-state index contributed by atoms with van der Waals surface area (Å²) in [5, 5.41) is 7.11. The predicted octanol–water partition coefficient (Wildman–Crippen LogP) is 4.55. The van der Waals surface area contributed by atoms with Crippen LogP contribution in [0.15, 0.2) is 65.2 Å². The number of allylic oxidation sites excluding steroid dienone is 1. The highest BCUT2D eigenvalue weighted by Crippen LogP contribution is 2.31. The molecule has 0 unspecified atom stereocenters. The fourth-order valence-electron chi connectivity index (χ4n) is 2.85. The lowest BCUT2D eigenvalue weighted by Crippen LogP contribution is -2.22. The minimum Gasteiger partial charge on any atom is -0.304 e. The number of nitrogens with one attached hydrogen (secondary N) is 1. The van der Waals surface area contributed by atoms with E-state index in [1.165, 1.54) is 11.3 Å². The Balaban J connectivity index is 1.57. The molecule has 1 aromatic carbocycles. The summed E-state index contributed by atoms with van der Waals surface area (Å²) in [7, 11) is 1.87. The van der Waals surface area contributed by atoms with E-state index in [0.29, 0.717) is 11.3 Å². The van der Waals surface area contributed by atoms with Crippen LogP contribution in [-0.4, -0.2) is 21.9 Å². The normalized spacial score (nSPS) is 13.9. The Morgan fingerprint density at radius 1 is 1.22 bits per heavy atom. The summed E-state index contributed by atoms with van der Waals surface area (Å²) in [6.45, 7) is 0. The largest absolute Gasteiger partial charge is 0.304 e. The summed E-state index contributed by atoms with van der Waals surface area (Å²) in [6, 6.07) is 15.5. The van der Waals surface area contributed by atoms with E-state index in [2.05, 4.69) is 15.4 Å². The van der Waals surface area contributed by atoms with Gasteiger partial charge in [0, 0.05) is 25.2 Å². The zero-order chi connectivity index (χ0) is 18.8. The van der Waals surface area contributed by atoms with Gasteiger partial charge >= 0.3 is 0 Å². The Morgan fingerprint density at radius 2 is 2.04 bits per heavy atom. The van der Waals surface area contributed by atoms with Gasteiger partial charge in [0.05, 0.1) is 21.1 Å². The second kappa shape index (κ2) is 7.28. The average molecular weight is 380 g/mol. The highest BCUT2D eigenvalue weighted by atomic mass is 32.1. The molecule has 2 aromatic heterocycles. The van der Waals surface area contributed by atoms with Gasteiger partial charge in [0.25, 0.3) is 5.91 Å². The Kier molecular flexibility index (Phi) is 4.68. The summed E-state index contributed by atoms with van der Waals surface area (Å²) in [5.41, 5.74) is 2.82. The van der Waals surface area contributed by atoms with Crippen LogP contribution in [-0.2, 0) is 7.05 Å². The molecule has 136 valence electrons. The number of rotatable bonds is 4. The summed E-state index contributed by atoms with van der Waals surface area (Å²) >= 11 is 1.34. The van der Waals surface area contributed by atoms with Gasteiger partial charge in [0.1, 0.15) is 5.83 Å². The number of amides is 1. The molecule has 27 heavy (non-hydrogen) atoms. The molecule has 0 saturated heterocycles. The third-order valence-corrected chi connectivity index (χ3v) is 5.34. The fraction of sp³-hybridized carbons (Fsp3) is 0.150. The third-order valence-electron chi connectivity index (χ3n) is 4.23. The van der Waals surface area contributed by atoms with E-state index < -0.39 is 0 Å². The maximum absolute atomic E-state index is 13.8. The van der Waals surface area contributed by atoms with Crippen molar-refractivity contribution >= 4 is 23.5 Å². The van der Waals surface area contributed by atoms with Crippen molar-refractivity contribution in [3.63, 3.8) is 0 Å². The first-order chi connectivity index (χ1) is 13.1. The highest BCUT2D eigenvalue weighted by molar-refractivity contribution is 7.17. The number of aryl methyl sites for hydroxylation is 1. The van der Waals surface area contributed by atoms with Crippen molar-refractivity contribution in [3.8, 4) is 21.8 Å². The Labute approximate surface area is 159 Å². The van der Waals surface area contributed by atoms with Crippen LogP contribution in [0, 0.1) is 0 Å². The minimum absolute atomic E-state index is 0.00750. The topological polar surface area (TPSA) is 59.3 Å². The molecule has 0 spiro atoms. The standard InChI is InChI=1S/C20H17FN4OS/c1-25-16(12-15(24-25)13-6-3-2-4-7-13)17-9-10-18(27-17)20(26)23-19-14(21)8-5-11-22-19/h2-4,6-7,9-12H,5,8H2,1H3,(H,23,26). The smallest absolute Gasteiger partial charge is 0.266 e. The van der Waals surface area contributed by atoms with Crippen molar-refractivity contribution in [2.75, 3.05) is 0 Å². The van der Waals surface area contributed by atoms with Gasteiger partial charge < -0.3 is 5.32 Å². The minimum atomic E-state index is -0.387. The summed E-state index contributed by atoms with van der Waals surface area (Å²) in [5.74, 6) is -0.740. The molecule has 0 bridgehead atoms. The summed E-state index contributed by atoms with van der Waals surface area (Å²) in [6.07, 6.45) is 2.43. The molecule has 0 saturated carbocycles. The van der Waals surface area contributed by atoms with E-state index in [0.717, 1.165) is 21.8 Å². The number of carbonyl (C=O) groups excluding carboxylic acids is 1. The summed E-state index contributed by atoms with van der Waals surface area (Å²) in [4.78, 5) is 17.8. The third kappa shape index (κ3) is 3.59. The molecule has 1 amide bonds. The average Bonchev–Trinajstić information content (AvgIpc) is 3.31. The first kappa shape index (κ1) is 17.4. The van der Waals surface area contributed by atoms with Crippen molar-refractivity contribution in [1.29, 1.82) is 0 Å². The van der Waals surface area contributed by atoms with E-state index >= 15 is 0 Å². The first-order valence-electron chi connectivity index (χ1n) is 8.54. The molecule has 0 radical (unpaired) electrons. The van der Waals surface area contributed by atoms with Gasteiger partial charge in [0.15, 0.2) is 5.82 Å². The molecule has 1 N–H and O–H groups in total. The Bertz CT molecular complexity index is 1050. The summed E-state index contributed by atoms with van der Waals surface area (Å²) < 4.78 is 15.5. The van der Waals surface area contributed by atoms with Gasteiger partial charge in [-0.3, -0.25) is 9.48 Å². The van der Waals surface area contributed by atoms with E-state index in [4.69, 9.17) is 0 Å². The molecule has 0 aliphatic carbocycles. The lowest BCUT2D eigenvalue weighted by molar-refractivity contribution is 0.0968. The van der Waals surface area contributed by atoms with Crippen LogP contribution in [0.1, 0.15) is 22.5 Å². The number of benzene rings is 1.